The van der Waals surface area contributed by atoms with Crippen LogP contribution < -0.4 is 5.43 Å². The third-order valence-corrected chi connectivity index (χ3v) is 5.85. The van der Waals surface area contributed by atoms with Gasteiger partial charge in [0.15, 0.2) is 5.82 Å². The highest BCUT2D eigenvalue weighted by molar-refractivity contribution is 7.21. The highest BCUT2D eigenvalue weighted by Crippen LogP contribution is 2.35. The lowest BCUT2D eigenvalue weighted by Gasteiger charge is -2.02. The van der Waals surface area contributed by atoms with Gasteiger partial charge in [-0.1, -0.05) is 30.3 Å². The van der Waals surface area contributed by atoms with Crippen LogP contribution in [0.25, 0.3) is 20.7 Å². The molecular weight excluding hydrogens is 348 g/mol. The number of fused-ring (bicyclic) bond motifs is 1. The maximum atomic E-state index is 4.57. The number of aryl methyl sites for hydroxylation is 2. The minimum Gasteiger partial charge on any atom is -0.261 e. The number of thiophene rings is 2. The molecule has 4 rings (SSSR count). The number of aromatic nitrogens is 2. The van der Waals surface area contributed by atoms with E-state index < -0.39 is 0 Å². The summed E-state index contributed by atoms with van der Waals surface area (Å²) in [6.45, 7) is 3.98. The van der Waals surface area contributed by atoms with Gasteiger partial charge in [0, 0.05) is 9.75 Å². The Morgan fingerprint density at radius 2 is 1.92 bits per heavy atom. The Morgan fingerprint density at radius 1 is 1.08 bits per heavy atom. The number of hydrazone groups is 1. The van der Waals surface area contributed by atoms with Crippen molar-refractivity contribution in [3.05, 3.63) is 64.1 Å². The second-order valence-electron chi connectivity index (χ2n) is 5.65. The highest BCUT2D eigenvalue weighted by atomic mass is 32.1. The van der Waals surface area contributed by atoms with Gasteiger partial charge in [0.05, 0.1) is 11.6 Å². The number of anilines is 1. The van der Waals surface area contributed by atoms with Gasteiger partial charge >= 0.3 is 0 Å². The van der Waals surface area contributed by atoms with E-state index in [1.54, 1.807) is 22.7 Å². The average molecular weight is 364 g/mol. The van der Waals surface area contributed by atoms with Crippen LogP contribution in [0.5, 0.6) is 0 Å². The molecule has 0 aliphatic rings. The minimum atomic E-state index is 0.735. The zero-order chi connectivity index (χ0) is 17.2. The van der Waals surface area contributed by atoms with Gasteiger partial charge in [0.2, 0.25) is 0 Å². The summed E-state index contributed by atoms with van der Waals surface area (Å²) in [7, 11) is 0. The van der Waals surface area contributed by atoms with Crippen molar-refractivity contribution >= 4 is 44.9 Å². The molecule has 0 spiro atoms. The molecule has 3 heterocycles. The van der Waals surface area contributed by atoms with Crippen LogP contribution in [0.4, 0.5) is 5.82 Å². The summed E-state index contributed by atoms with van der Waals surface area (Å²) < 4.78 is 0. The molecule has 1 N–H and O–H groups in total. The van der Waals surface area contributed by atoms with Crippen molar-refractivity contribution < 1.29 is 0 Å². The number of nitrogens with one attached hydrogen (secondary N) is 1. The molecule has 4 nitrogen and oxygen atoms in total. The van der Waals surface area contributed by atoms with Crippen LogP contribution in [0.1, 0.15) is 16.3 Å². The van der Waals surface area contributed by atoms with Crippen molar-refractivity contribution in [2.75, 3.05) is 5.43 Å². The SMILES string of the molecule is Cc1nc(N/N=C\c2sccc2C)c2cc(-c3ccccc3)sc2n1. The van der Waals surface area contributed by atoms with Crippen molar-refractivity contribution in [2.24, 2.45) is 5.10 Å². The molecule has 4 aromatic rings. The van der Waals surface area contributed by atoms with Gasteiger partial charge in [-0.05, 0) is 42.5 Å². The fraction of sp³-hybridized carbons (Fsp3) is 0.105. The molecule has 0 saturated heterocycles. The molecular formula is C19H16N4S2. The van der Waals surface area contributed by atoms with Crippen molar-refractivity contribution in [2.45, 2.75) is 13.8 Å². The standard InChI is InChI=1S/C19H16N4S2/c1-12-8-9-24-17(12)11-20-23-18-15-10-16(14-6-4-3-5-7-14)25-19(15)22-13(2)21-18/h3-11H,1-2H3,(H,21,22,23)/b20-11-. The van der Waals surface area contributed by atoms with E-state index in [2.05, 4.69) is 57.1 Å². The number of benzene rings is 1. The lowest BCUT2D eigenvalue weighted by molar-refractivity contribution is 1.09. The fourth-order valence-corrected chi connectivity index (χ4v) is 4.40. The molecule has 0 unspecified atom stereocenters. The molecule has 0 aliphatic heterocycles. The third-order valence-electron chi connectivity index (χ3n) is 3.82. The summed E-state index contributed by atoms with van der Waals surface area (Å²) in [4.78, 5) is 12.4. The molecule has 0 aliphatic carbocycles. The summed E-state index contributed by atoms with van der Waals surface area (Å²) in [5, 5.41) is 7.43. The van der Waals surface area contributed by atoms with E-state index in [-0.39, 0.29) is 0 Å². The summed E-state index contributed by atoms with van der Waals surface area (Å²) in [5.74, 6) is 1.48. The minimum absolute atomic E-state index is 0.735. The first-order chi connectivity index (χ1) is 12.2. The van der Waals surface area contributed by atoms with Crippen LogP contribution in [0.15, 0.2) is 52.9 Å². The number of nitrogens with zero attached hydrogens (tertiary/aromatic N) is 3. The maximum Gasteiger partial charge on any atom is 0.158 e. The number of rotatable bonds is 4. The first kappa shape index (κ1) is 15.9. The van der Waals surface area contributed by atoms with E-state index in [0.717, 1.165) is 26.7 Å². The summed E-state index contributed by atoms with van der Waals surface area (Å²) in [6, 6.07) is 14.5. The van der Waals surface area contributed by atoms with Gasteiger partial charge in [-0.2, -0.15) is 5.10 Å². The third kappa shape index (κ3) is 3.31. The van der Waals surface area contributed by atoms with Crippen LogP contribution in [0, 0.1) is 13.8 Å². The average Bonchev–Trinajstić information content (AvgIpc) is 3.22. The van der Waals surface area contributed by atoms with E-state index in [1.165, 1.54) is 16.0 Å². The van der Waals surface area contributed by atoms with E-state index in [4.69, 9.17) is 0 Å². The molecule has 0 amide bonds. The lowest BCUT2D eigenvalue weighted by atomic mass is 10.2. The Kier molecular flexibility index (Phi) is 4.29. The van der Waals surface area contributed by atoms with Crippen molar-refractivity contribution in [3.8, 4) is 10.4 Å². The molecule has 0 bridgehead atoms. The van der Waals surface area contributed by atoms with Gasteiger partial charge in [-0.15, -0.1) is 22.7 Å². The Labute approximate surface area is 153 Å². The first-order valence-corrected chi connectivity index (χ1v) is 9.57. The predicted octanol–water partition coefficient (Wildman–Crippen LogP) is 5.48. The Balaban J connectivity index is 1.69. The van der Waals surface area contributed by atoms with E-state index >= 15 is 0 Å². The molecule has 25 heavy (non-hydrogen) atoms. The van der Waals surface area contributed by atoms with E-state index in [1.807, 2.05) is 31.3 Å². The van der Waals surface area contributed by atoms with Crippen molar-refractivity contribution in [1.82, 2.24) is 9.97 Å². The topological polar surface area (TPSA) is 50.2 Å². The summed E-state index contributed by atoms with van der Waals surface area (Å²) in [6.07, 6.45) is 1.84. The molecule has 3 aromatic heterocycles. The predicted molar refractivity (Wildman–Crippen MR) is 108 cm³/mol. The van der Waals surface area contributed by atoms with Crippen molar-refractivity contribution in [3.63, 3.8) is 0 Å². The molecule has 0 fully saturated rings. The van der Waals surface area contributed by atoms with Crippen LogP contribution in [-0.2, 0) is 0 Å². The Bertz CT molecular complexity index is 1050. The summed E-state index contributed by atoms with van der Waals surface area (Å²) in [5.41, 5.74) is 5.50. The zero-order valence-corrected chi connectivity index (χ0v) is 15.5. The van der Waals surface area contributed by atoms with Crippen LogP contribution >= 0.6 is 22.7 Å². The second kappa shape index (κ2) is 6.74. The Morgan fingerprint density at radius 3 is 2.68 bits per heavy atom. The second-order valence-corrected chi connectivity index (χ2v) is 7.63. The first-order valence-electron chi connectivity index (χ1n) is 7.87. The largest absolute Gasteiger partial charge is 0.261 e. The van der Waals surface area contributed by atoms with Gasteiger partial charge < -0.3 is 0 Å². The molecule has 1 aromatic carbocycles. The van der Waals surface area contributed by atoms with Gasteiger partial charge in [-0.3, -0.25) is 5.43 Å². The molecule has 6 heteroatoms. The normalized spacial score (nSPS) is 11.4. The fourth-order valence-electron chi connectivity index (χ4n) is 2.53. The molecule has 0 radical (unpaired) electrons. The zero-order valence-electron chi connectivity index (χ0n) is 13.9. The Hall–Kier alpha value is -2.57. The highest BCUT2D eigenvalue weighted by Gasteiger charge is 2.11. The smallest absolute Gasteiger partial charge is 0.158 e. The maximum absolute atomic E-state index is 4.57. The molecule has 124 valence electrons. The van der Waals surface area contributed by atoms with Gasteiger partial charge in [-0.25, -0.2) is 9.97 Å². The molecule has 0 atom stereocenters. The van der Waals surface area contributed by atoms with Crippen LogP contribution in [-0.4, -0.2) is 16.2 Å². The van der Waals surface area contributed by atoms with Crippen molar-refractivity contribution in [1.29, 1.82) is 0 Å². The number of hydrogen-bond acceptors (Lipinski definition) is 6. The van der Waals surface area contributed by atoms with Gasteiger partial charge in [0.25, 0.3) is 0 Å². The number of hydrogen-bond donors (Lipinski definition) is 1. The quantitative estimate of drug-likeness (QED) is 0.385. The monoisotopic (exact) mass is 364 g/mol. The summed E-state index contributed by atoms with van der Waals surface area (Å²) >= 11 is 3.34. The van der Waals surface area contributed by atoms with Crippen LogP contribution in [0.3, 0.4) is 0 Å². The van der Waals surface area contributed by atoms with Gasteiger partial charge in [0.1, 0.15) is 10.7 Å². The lowest BCUT2D eigenvalue weighted by Crippen LogP contribution is -1.97. The molecule has 0 saturated carbocycles. The van der Waals surface area contributed by atoms with E-state index in [0.29, 0.717) is 0 Å². The van der Waals surface area contributed by atoms with Crippen LogP contribution in [0.2, 0.25) is 0 Å². The van der Waals surface area contributed by atoms with E-state index in [9.17, 15) is 0 Å².